The summed E-state index contributed by atoms with van der Waals surface area (Å²) in [5.41, 5.74) is 2.97. The number of nitrogens with zero attached hydrogens (tertiary/aromatic N) is 1. The molecule has 1 aromatic carbocycles. The van der Waals surface area contributed by atoms with Crippen molar-refractivity contribution in [3.63, 3.8) is 0 Å². The summed E-state index contributed by atoms with van der Waals surface area (Å²) in [7, 11) is -3.11. The van der Waals surface area contributed by atoms with Crippen molar-refractivity contribution in [2.75, 3.05) is 31.3 Å². The van der Waals surface area contributed by atoms with E-state index in [9.17, 15) is 18.0 Å². The highest BCUT2D eigenvalue weighted by Crippen LogP contribution is 2.24. The molecule has 7 nitrogen and oxygen atoms in total. The lowest BCUT2D eigenvalue weighted by Crippen LogP contribution is -2.45. The first-order valence-corrected chi connectivity index (χ1v) is 11.7. The number of esters is 1. The van der Waals surface area contributed by atoms with E-state index in [4.69, 9.17) is 9.47 Å². The fraction of sp³-hybridized carbons (Fsp3) is 0.619. The third kappa shape index (κ3) is 6.73. The number of hydrogen-bond acceptors (Lipinski definition) is 6. The zero-order chi connectivity index (χ0) is 21.8. The topological polar surface area (TPSA) is 90.0 Å². The third-order valence-corrected chi connectivity index (χ3v) is 6.58. The molecule has 162 valence electrons. The van der Waals surface area contributed by atoms with Crippen molar-refractivity contribution in [1.29, 1.82) is 0 Å². The quantitative estimate of drug-likeness (QED) is 0.593. The van der Waals surface area contributed by atoms with Gasteiger partial charge in [-0.2, -0.15) is 0 Å². The summed E-state index contributed by atoms with van der Waals surface area (Å²) < 4.78 is 34.2. The zero-order valence-corrected chi connectivity index (χ0v) is 18.7. The van der Waals surface area contributed by atoms with Crippen LogP contribution in [0.3, 0.4) is 0 Å². The van der Waals surface area contributed by atoms with Gasteiger partial charge in [0.15, 0.2) is 23.1 Å². The molecule has 0 bridgehead atoms. The van der Waals surface area contributed by atoms with Crippen molar-refractivity contribution in [1.82, 2.24) is 4.90 Å². The molecule has 8 heteroatoms. The second-order valence-corrected chi connectivity index (χ2v) is 10.4. The van der Waals surface area contributed by atoms with E-state index in [1.165, 1.54) is 4.90 Å². The van der Waals surface area contributed by atoms with E-state index in [0.29, 0.717) is 18.7 Å². The normalized spacial score (nSPS) is 17.9. The maximum Gasteiger partial charge on any atom is 0.344 e. The highest BCUT2D eigenvalue weighted by molar-refractivity contribution is 7.91. The lowest BCUT2D eigenvalue weighted by atomic mass is 10.1. The minimum absolute atomic E-state index is 0.0332. The Morgan fingerprint density at radius 3 is 2.28 bits per heavy atom. The number of rotatable bonds is 8. The van der Waals surface area contributed by atoms with Crippen molar-refractivity contribution < 1.29 is 27.5 Å². The minimum atomic E-state index is -3.11. The molecule has 29 heavy (non-hydrogen) atoms. The molecule has 0 unspecified atom stereocenters. The van der Waals surface area contributed by atoms with Gasteiger partial charge in [-0.1, -0.05) is 31.5 Å². The molecule has 1 aliphatic heterocycles. The Balaban J connectivity index is 1.91. The molecule has 2 rings (SSSR count). The van der Waals surface area contributed by atoms with Crippen LogP contribution in [0.1, 0.15) is 37.0 Å². The molecule has 1 atom stereocenters. The van der Waals surface area contributed by atoms with Gasteiger partial charge in [0.25, 0.3) is 5.91 Å². The van der Waals surface area contributed by atoms with Crippen molar-refractivity contribution >= 4 is 21.7 Å². The van der Waals surface area contributed by atoms with Gasteiger partial charge in [-0.15, -0.1) is 0 Å². The number of sulfone groups is 1. The molecule has 1 saturated heterocycles. The van der Waals surface area contributed by atoms with Crippen molar-refractivity contribution in [3.8, 4) is 5.75 Å². The fourth-order valence-electron chi connectivity index (χ4n) is 3.66. The molecule has 0 spiro atoms. The Hall–Kier alpha value is -2.09. The second-order valence-electron chi connectivity index (χ2n) is 8.17. The van der Waals surface area contributed by atoms with Crippen LogP contribution >= 0.6 is 0 Å². The number of carbonyl (C=O) groups excluding carboxylic acids is 2. The molecule has 0 aromatic heterocycles. The van der Waals surface area contributed by atoms with Crippen molar-refractivity contribution in [2.45, 2.75) is 47.1 Å². The van der Waals surface area contributed by atoms with E-state index >= 15 is 0 Å². The van der Waals surface area contributed by atoms with Gasteiger partial charge in [0.05, 0.1) is 11.5 Å². The Bertz CT molecular complexity index is 839. The number of benzene rings is 1. The number of aryl methyl sites for hydroxylation is 3. The molecule has 0 N–H and O–H groups in total. The van der Waals surface area contributed by atoms with E-state index in [0.717, 1.165) is 16.7 Å². The number of amides is 1. The predicted octanol–water partition coefficient (Wildman–Crippen LogP) is 2.21. The van der Waals surface area contributed by atoms with E-state index < -0.39 is 22.4 Å². The second kappa shape index (κ2) is 9.61. The summed E-state index contributed by atoms with van der Waals surface area (Å²) in [4.78, 5) is 26.2. The molecule has 1 heterocycles. The molecular weight excluding hydrogens is 394 g/mol. The van der Waals surface area contributed by atoms with Crippen LogP contribution in [0, 0.1) is 26.7 Å². The molecule has 0 saturated carbocycles. The Kier molecular flexibility index (Phi) is 7.68. The summed E-state index contributed by atoms with van der Waals surface area (Å²) >= 11 is 0. The molecule has 1 aromatic rings. The van der Waals surface area contributed by atoms with E-state index in [2.05, 4.69) is 0 Å². The number of hydrogen-bond donors (Lipinski definition) is 0. The Morgan fingerprint density at radius 1 is 1.14 bits per heavy atom. The van der Waals surface area contributed by atoms with Crippen LogP contribution < -0.4 is 4.74 Å². The number of ether oxygens (including phenoxy) is 2. The monoisotopic (exact) mass is 425 g/mol. The summed E-state index contributed by atoms with van der Waals surface area (Å²) in [6, 6.07) is 3.58. The van der Waals surface area contributed by atoms with Crippen LogP contribution in [0.5, 0.6) is 5.75 Å². The van der Waals surface area contributed by atoms with Crippen LogP contribution in [0.4, 0.5) is 0 Å². The lowest BCUT2D eigenvalue weighted by molar-refractivity contribution is -0.154. The van der Waals surface area contributed by atoms with Gasteiger partial charge in [-0.3, -0.25) is 4.79 Å². The minimum Gasteiger partial charge on any atom is -0.481 e. The highest BCUT2D eigenvalue weighted by atomic mass is 32.2. The van der Waals surface area contributed by atoms with E-state index in [1.54, 1.807) is 0 Å². The van der Waals surface area contributed by atoms with Crippen LogP contribution in [-0.4, -0.2) is 62.5 Å². The highest BCUT2D eigenvalue weighted by Gasteiger charge is 2.35. The third-order valence-electron chi connectivity index (χ3n) is 4.83. The van der Waals surface area contributed by atoms with Gasteiger partial charge in [0.1, 0.15) is 5.75 Å². The summed E-state index contributed by atoms with van der Waals surface area (Å²) in [5.74, 6) is -0.153. The fourth-order valence-corrected chi connectivity index (χ4v) is 5.39. The van der Waals surface area contributed by atoms with Gasteiger partial charge < -0.3 is 14.4 Å². The standard InChI is InChI=1S/C21H31NO6S/c1-14(2)10-22(18-6-7-29(25,26)13-18)19(23)11-27-20(24)12-28-21-16(4)8-15(3)9-17(21)5/h8-9,14,18H,6-7,10-13H2,1-5H3/t18-/m0/s1. The van der Waals surface area contributed by atoms with E-state index in [1.807, 2.05) is 46.8 Å². The molecule has 1 amide bonds. The van der Waals surface area contributed by atoms with Crippen molar-refractivity contribution in [3.05, 3.63) is 28.8 Å². The van der Waals surface area contributed by atoms with Crippen molar-refractivity contribution in [2.24, 2.45) is 5.92 Å². The van der Waals surface area contributed by atoms with Crippen LogP contribution in [-0.2, 0) is 24.2 Å². The first-order valence-electron chi connectivity index (χ1n) is 9.84. The zero-order valence-electron chi connectivity index (χ0n) is 17.9. The van der Waals surface area contributed by atoms with Gasteiger partial charge in [-0.25, -0.2) is 13.2 Å². The summed E-state index contributed by atoms with van der Waals surface area (Å²) in [6.07, 6.45) is 0.420. The first kappa shape index (κ1) is 23.2. The Labute approximate surface area is 173 Å². The molecule has 1 fully saturated rings. The maximum atomic E-state index is 12.6. The van der Waals surface area contributed by atoms with Gasteiger partial charge in [0.2, 0.25) is 0 Å². The van der Waals surface area contributed by atoms with Crippen LogP contribution in [0.2, 0.25) is 0 Å². The van der Waals surface area contributed by atoms with Gasteiger partial charge in [-0.05, 0) is 44.2 Å². The largest absolute Gasteiger partial charge is 0.481 e. The molecule has 0 radical (unpaired) electrons. The molecule has 1 aliphatic rings. The molecule has 0 aliphatic carbocycles. The van der Waals surface area contributed by atoms with Gasteiger partial charge in [0, 0.05) is 12.6 Å². The van der Waals surface area contributed by atoms with E-state index in [-0.39, 0.29) is 36.0 Å². The van der Waals surface area contributed by atoms with Crippen LogP contribution in [0.15, 0.2) is 12.1 Å². The Morgan fingerprint density at radius 2 is 1.76 bits per heavy atom. The SMILES string of the molecule is Cc1cc(C)c(OCC(=O)OCC(=O)N(CC(C)C)[C@H]2CCS(=O)(=O)C2)c(C)c1. The first-order chi connectivity index (χ1) is 13.5. The average Bonchev–Trinajstić information content (AvgIpc) is 2.96. The summed E-state index contributed by atoms with van der Waals surface area (Å²) in [5, 5.41) is 0. The maximum absolute atomic E-state index is 12.6. The number of carbonyl (C=O) groups is 2. The molecular formula is C21H31NO6S. The lowest BCUT2D eigenvalue weighted by Gasteiger charge is -2.29. The predicted molar refractivity (Wildman–Crippen MR) is 111 cm³/mol. The summed E-state index contributed by atoms with van der Waals surface area (Å²) in [6.45, 7) is 9.42. The smallest absolute Gasteiger partial charge is 0.344 e. The van der Waals surface area contributed by atoms with Gasteiger partial charge >= 0.3 is 5.97 Å². The van der Waals surface area contributed by atoms with Crippen LogP contribution in [0.25, 0.3) is 0 Å². The average molecular weight is 426 g/mol.